The van der Waals surface area contributed by atoms with Gasteiger partial charge in [-0.05, 0) is 12.2 Å². The van der Waals surface area contributed by atoms with Crippen molar-refractivity contribution in [2.45, 2.75) is 18.4 Å². The summed E-state index contributed by atoms with van der Waals surface area (Å²) >= 11 is 7.16. The van der Waals surface area contributed by atoms with Crippen molar-refractivity contribution < 1.29 is 4.39 Å². The van der Waals surface area contributed by atoms with Crippen molar-refractivity contribution in [3.63, 3.8) is 0 Å². The summed E-state index contributed by atoms with van der Waals surface area (Å²) < 4.78 is 12.5. The Hall–Kier alpha value is -0.350. The van der Waals surface area contributed by atoms with Crippen LogP contribution in [0.3, 0.4) is 0 Å². The fourth-order valence-electron chi connectivity index (χ4n) is 0.631. The molecule has 0 atom stereocenters. The molecule has 1 aromatic rings. The van der Waals surface area contributed by atoms with Crippen molar-refractivity contribution in [1.82, 2.24) is 9.97 Å². The molecular formula is C7H8ClFN2S. The van der Waals surface area contributed by atoms with Crippen LogP contribution in [0.5, 0.6) is 0 Å². The van der Waals surface area contributed by atoms with Crippen LogP contribution in [0.2, 0.25) is 5.02 Å². The highest BCUT2D eigenvalue weighted by Crippen LogP contribution is 2.24. The van der Waals surface area contributed by atoms with E-state index in [1.54, 1.807) is 0 Å². The van der Waals surface area contributed by atoms with Gasteiger partial charge in [0.05, 0.1) is 11.2 Å². The largest absolute Gasteiger partial charge is 0.309 e. The molecule has 1 aromatic heterocycles. The third-order valence-corrected chi connectivity index (χ3v) is 2.71. The molecule has 0 spiro atoms. The first-order valence-corrected chi connectivity index (χ1v) is 4.91. The fourth-order valence-corrected chi connectivity index (χ4v) is 1.61. The molecule has 0 saturated heterocycles. The lowest BCUT2D eigenvalue weighted by atomic mass is 10.6. The molecule has 0 saturated carbocycles. The van der Waals surface area contributed by atoms with E-state index in [9.17, 15) is 4.39 Å². The number of thioether (sulfide) groups is 1. The molecule has 5 heteroatoms. The Morgan fingerprint density at radius 2 is 2.42 bits per heavy atom. The third-order valence-electron chi connectivity index (χ3n) is 1.13. The molecule has 0 N–H and O–H groups in total. The summed E-state index contributed by atoms with van der Waals surface area (Å²) in [6.45, 7) is 2.04. The Morgan fingerprint density at radius 1 is 1.67 bits per heavy atom. The minimum Gasteiger partial charge on any atom is -0.209 e. The van der Waals surface area contributed by atoms with E-state index in [0.717, 1.165) is 12.2 Å². The number of hydrogen-bond donors (Lipinski definition) is 0. The predicted octanol–water partition coefficient (Wildman–Crippen LogP) is 2.77. The molecule has 0 unspecified atom stereocenters. The van der Waals surface area contributed by atoms with Gasteiger partial charge in [-0.25, -0.2) is 4.98 Å². The van der Waals surface area contributed by atoms with Crippen molar-refractivity contribution in [3.05, 3.63) is 17.3 Å². The summed E-state index contributed by atoms with van der Waals surface area (Å²) in [6, 6.07) is 0. The third kappa shape index (κ3) is 2.60. The molecule has 0 aromatic carbocycles. The Labute approximate surface area is 79.6 Å². The van der Waals surface area contributed by atoms with Gasteiger partial charge in [0.15, 0.2) is 0 Å². The molecule has 0 radical (unpaired) electrons. The molecule has 0 bridgehead atoms. The summed E-state index contributed by atoms with van der Waals surface area (Å²) in [7, 11) is 0. The van der Waals surface area contributed by atoms with E-state index < -0.39 is 6.08 Å². The molecule has 2 nitrogen and oxygen atoms in total. The Balaban J connectivity index is 2.75. The topological polar surface area (TPSA) is 25.8 Å². The highest BCUT2D eigenvalue weighted by molar-refractivity contribution is 7.99. The Kier molecular flexibility index (Phi) is 3.75. The average molecular weight is 207 g/mol. The summed E-state index contributed by atoms with van der Waals surface area (Å²) in [5, 5.41) is 0.931. The number of halogens is 2. The van der Waals surface area contributed by atoms with Gasteiger partial charge in [0, 0.05) is 0 Å². The van der Waals surface area contributed by atoms with Crippen LogP contribution in [-0.2, 0) is 0 Å². The summed E-state index contributed by atoms with van der Waals surface area (Å²) in [5.41, 5.74) is 0. The summed E-state index contributed by atoms with van der Waals surface area (Å²) in [4.78, 5) is 6.89. The van der Waals surface area contributed by atoms with Gasteiger partial charge >= 0.3 is 6.08 Å². The molecule has 1 rings (SSSR count). The van der Waals surface area contributed by atoms with Crippen molar-refractivity contribution in [2.24, 2.45) is 0 Å². The Bertz CT molecular complexity index is 270. The molecule has 0 aliphatic carbocycles. The number of aromatic nitrogens is 2. The van der Waals surface area contributed by atoms with E-state index in [2.05, 4.69) is 9.97 Å². The van der Waals surface area contributed by atoms with Crippen LogP contribution >= 0.6 is 23.4 Å². The summed E-state index contributed by atoms with van der Waals surface area (Å²) in [6.07, 6.45) is 1.56. The molecule has 0 amide bonds. The molecule has 0 aliphatic heterocycles. The zero-order valence-electron chi connectivity index (χ0n) is 6.55. The van der Waals surface area contributed by atoms with Crippen LogP contribution in [0, 0.1) is 6.08 Å². The van der Waals surface area contributed by atoms with Gasteiger partial charge in [0.25, 0.3) is 0 Å². The number of hydrogen-bond acceptors (Lipinski definition) is 3. The van der Waals surface area contributed by atoms with E-state index in [0.29, 0.717) is 10.0 Å². The molecular weight excluding hydrogens is 199 g/mol. The van der Waals surface area contributed by atoms with Crippen LogP contribution in [-0.4, -0.2) is 15.7 Å². The zero-order chi connectivity index (χ0) is 8.97. The van der Waals surface area contributed by atoms with Crippen LogP contribution in [0.1, 0.15) is 13.3 Å². The van der Waals surface area contributed by atoms with Crippen LogP contribution in [0.4, 0.5) is 4.39 Å². The lowest BCUT2D eigenvalue weighted by Crippen LogP contribution is -1.91. The van der Waals surface area contributed by atoms with Gasteiger partial charge in [-0.2, -0.15) is 9.37 Å². The molecule has 0 aliphatic rings. The van der Waals surface area contributed by atoms with E-state index in [1.807, 2.05) is 6.92 Å². The molecule has 0 fully saturated rings. The lowest BCUT2D eigenvalue weighted by molar-refractivity contribution is 0.527. The minimum absolute atomic E-state index is 0.412. The first-order valence-electron chi connectivity index (χ1n) is 3.55. The van der Waals surface area contributed by atoms with Crippen molar-refractivity contribution in [2.75, 3.05) is 5.75 Å². The molecule has 12 heavy (non-hydrogen) atoms. The maximum Gasteiger partial charge on any atom is 0.309 e. The van der Waals surface area contributed by atoms with Gasteiger partial charge in [-0.1, -0.05) is 18.5 Å². The van der Waals surface area contributed by atoms with Crippen LogP contribution in [0.15, 0.2) is 11.2 Å². The highest BCUT2D eigenvalue weighted by Gasteiger charge is 2.04. The maximum absolute atomic E-state index is 12.5. The SMILES string of the molecule is CCCSc1nc(F)ncc1Cl. The highest BCUT2D eigenvalue weighted by atomic mass is 35.5. The Morgan fingerprint density at radius 3 is 3.08 bits per heavy atom. The predicted molar refractivity (Wildman–Crippen MR) is 48.0 cm³/mol. The van der Waals surface area contributed by atoms with E-state index >= 15 is 0 Å². The standard InChI is InChI=1S/C7H8ClFN2S/c1-2-3-12-6-5(8)4-10-7(9)11-6/h4H,2-3H2,1H3. The fraction of sp³-hybridized carbons (Fsp3) is 0.429. The van der Waals surface area contributed by atoms with E-state index in [4.69, 9.17) is 11.6 Å². The van der Waals surface area contributed by atoms with Gasteiger partial charge in [-0.15, -0.1) is 11.8 Å². The van der Waals surface area contributed by atoms with Crippen molar-refractivity contribution in [3.8, 4) is 0 Å². The second-order valence-corrected chi connectivity index (χ2v) is 3.63. The van der Waals surface area contributed by atoms with Gasteiger partial charge in [0.2, 0.25) is 0 Å². The van der Waals surface area contributed by atoms with Crippen molar-refractivity contribution >= 4 is 23.4 Å². The van der Waals surface area contributed by atoms with Gasteiger partial charge in [0.1, 0.15) is 5.03 Å². The average Bonchev–Trinajstić information content (AvgIpc) is 2.07. The first kappa shape index (κ1) is 9.74. The maximum atomic E-state index is 12.5. The smallest absolute Gasteiger partial charge is 0.209 e. The molecule has 66 valence electrons. The number of nitrogens with zero attached hydrogens (tertiary/aromatic N) is 2. The monoisotopic (exact) mass is 206 g/mol. The molecule has 1 heterocycles. The van der Waals surface area contributed by atoms with Crippen LogP contribution < -0.4 is 0 Å². The lowest BCUT2D eigenvalue weighted by Gasteiger charge is -1.99. The van der Waals surface area contributed by atoms with Crippen LogP contribution in [0.25, 0.3) is 0 Å². The quantitative estimate of drug-likeness (QED) is 0.432. The first-order chi connectivity index (χ1) is 5.74. The van der Waals surface area contributed by atoms with Crippen molar-refractivity contribution in [1.29, 1.82) is 0 Å². The zero-order valence-corrected chi connectivity index (χ0v) is 8.12. The number of rotatable bonds is 3. The van der Waals surface area contributed by atoms with E-state index in [1.165, 1.54) is 18.0 Å². The summed E-state index contributed by atoms with van der Waals surface area (Å²) in [5.74, 6) is 0.885. The van der Waals surface area contributed by atoms with Gasteiger partial charge in [-0.3, -0.25) is 0 Å². The second kappa shape index (κ2) is 4.62. The van der Waals surface area contributed by atoms with Gasteiger partial charge < -0.3 is 0 Å². The van der Waals surface area contributed by atoms with E-state index in [-0.39, 0.29) is 0 Å². The normalized spacial score (nSPS) is 10.2. The second-order valence-electron chi connectivity index (χ2n) is 2.14. The minimum atomic E-state index is -0.724.